The van der Waals surface area contributed by atoms with E-state index in [1.807, 2.05) is 4.90 Å². The molecule has 1 atom stereocenters. The van der Waals surface area contributed by atoms with Crippen LogP contribution < -0.4 is 10.5 Å². The van der Waals surface area contributed by atoms with Crippen molar-refractivity contribution in [3.05, 3.63) is 23.8 Å². The van der Waals surface area contributed by atoms with E-state index in [1.54, 1.807) is 25.3 Å². The SMILES string of the molecule is COc1cc(C(=O)N2CC[C@@H](N3CCOCC3)C2)ccc1N. The maximum Gasteiger partial charge on any atom is 0.254 e. The van der Waals surface area contributed by atoms with Crippen molar-refractivity contribution in [2.75, 3.05) is 52.2 Å². The summed E-state index contributed by atoms with van der Waals surface area (Å²) >= 11 is 0. The zero-order chi connectivity index (χ0) is 15.5. The monoisotopic (exact) mass is 305 g/mol. The molecule has 2 aliphatic rings. The van der Waals surface area contributed by atoms with Crippen LogP contribution in [0, 0.1) is 0 Å². The quantitative estimate of drug-likeness (QED) is 0.838. The van der Waals surface area contributed by atoms with Gasteiger partial charge < -0.3 is 20.1 Å². The summed E-state index contributed by atoms with van der Waals surface area (Å²) in [6.45, 7) is 5.09. The minimum absolute atomic E-state index is 0.0501. The van der Waals surface area contributed by atoms with E-state index in [2.05, 4.69) is 4.90 Å². The topological polar surface area (TPSA) is 68.0 Å². The number of amides is 1. The van der Waals surface area contributed by atoms with E-state index < -0.39 is 0 Å². The van der Waals surface area contributed by atoms with E-state index in [0.29, 0.717) is 23.0 Å². The number of methoxy groups -OCH3 is 1. The van der Waals surface area contributed by atoms with Crippen LogP contribution in [0.25, 0.3) is 0 Å². The highest BCUT2D eigenvalue weighted by molar-refractivity contribution is 5.95. The van der Waals surface area contributed by atoms with Gasteiger partial charge in [0.25, 0.3) is 5.91 Å². The Morgan fingerprint density at radius 2 is 2.09 bits per heavy atom. The van der Waals surface area contributed by atoms with Gasteiger partial charge in [0, 0.05) is 37.8 Å². The zero-order valence-corrected chi connectivity index (χ0v) is 13.0. The first-order valence-corrected chi connectivity index (χ1v) is 7.73. The first-order valence-electron chi connectivity index (χ1n) is 7.73. The van der Waals surface area contributed by atoms with Gasteiger partial charge in [-0.15, -0.1) is 0 Å². The summed E-state index contributed by atoms with van der Waals surface area (Å²) in [6, 6.07) is 5.66. The van der Waals surface area contributed by atoms with Crippen molar-refractivity contribution in [2.24, 2.45) is 0 Å². The lowest BCUT2D eigenvalue weighted by Gasteiger charge is -2.32. The van der Waals surface area contributed by atoms with Gasteiger partial charge in [0.1, 0.15) is 5.75 Å². The van der Waals surface area contributed by atoms with Gasteiger partial charge in [-0.05, 0) is 24.6 Å². The van der Waals surface area contributed by atoms with E-state index in [-0.39, 0.29) is 5.91 Å². The van der Waals surface area contributed by atoms with Gasteiger partial charge >= 0.3 is 0 Å². The molecular formula is C16H23N3O3. The standard InChI is InChI=1S/C16H23N3O3/c1-21-15-10-12(2-3-14(15)17)16(20)19-5-4-13(11-19)18-6-8-22-9-7-18/h2-3,10,13H,4-9,11,17H2,1H3/t13-/m1/s1. The van der Waals surface area contributed by atoms with Crippen LogP contribution in [0.4, 0.5) is 5.69 Å². The van der Waals surface area contributed by atoms with E-state index in [4.69, 9.17) is 15.2 Å². The van der Waals surface area contributed by atoms with Crippen LogP contribution in [0.5, 0.6) is 5.75 Å². The van der Waals surface area contributed by atoms with E-state index in [9.17, 15) is 4.79 Å². The Hall–Kier alpha value is -1.79. The summed E-state index contributed by atoms with van der Waals surface area (Å²) in [5.74, 6) is 0.601. The van der Waals surface area contributed by atoms with Crippen molar-refractivity contribution < 1.29 is 14.3 Å². The third kappa shape index (κ3) is 3.03. The maximum atomic E-state index is 12.6. The molecule has 0 saturated carbocycles. The van der Waals surface area contributed by atoms with E-state index in [0.717, 1.165) is 45.8 Å². The second-order valence-electron chi connectivity index (χ2n) is 5.80. The lowest BCUT2D eigenvalue weighted by molar-refractivity contribution is 0.0185. The van der Waals surface area contributed by atoms with Crippen LogP contribution in [0.2, 0.25) is 0 Å². The first-order chi connectivity index (χ1) is 10.7. The third-order valence-corrected chi connectivity index (χ3v) is 4.49. The molecule has 22 heavy (non-hydrogen) atoms. The molecule has 6 nitrogen and oxygen atoms in total. The van der Waals surface area contributed by atoms with Crippen LogP contribution >= 0.6 is 0 Å². The number of ether oxygens (including phenoxy) is 2. The van der Waals surface area contributed by atoms with Crippen LogP contribution in [0.15, 0.2) is 18.2 Å². The molecule has 2 aliphatic heterocycles. The zero-order valence-electron chi connectivity index (χ0n) is 13.0. The van der Waals surface area contributed by atoms with E-state index >= 15 is 0 Å². The minimum Gasteiger partial charge on any atom is -0.495 e. The van der Waals surface area contributed by atoms with Crippen molar-refractivity contribution in [3.63, 3.8) is 0 Å². The van der Waals surface area contributed by atoms with E-state index in [1.165, 1.54) is 0 Å². The number of nitrogens with two attached hydrogens (primary N) is 1. The summed E-state index contributed by atoms with van der Waals surface area (Å²) in [5.41, 5.74) is 6.99. The molecule has 1 amide bonds. The number of carbonyl (C=O) groups excluding carboxylic acids is 1. The van der Waals surface area contributed by atoms with Crippen LogP contribution in [0.3, 0.4) is 0 Å². The average molecular weight is 305 g/mol. The normalized spacial score (nSPS) is 22.8. The Labute approximate surface area is 130 Å². The van der Waals surface area contributed by atoms with Gasteiger partial charge in [0.2, 0.25) is 0 Å². The molecule has 2 fully saturated rings. The van der Waals surface area contributed by atoms with Gasteiger partial charge in [-0.25, -0.2) is 0 Å². The fourth-order valence-electron chi connectivity index (χ4n) is 3.19. The van der Waals surface area contributed by atoms with Crippen molar-refractivity contribution in [2.45, 2.75) is 12.5 Å². The van der Waals surface area contributed by atoms with Crippen LogP contribution in [-0.4, -0.2) is 68.3 Å². The van der Waals surface area contributed by atoms with Crippen molar-refractivity contribution >= 4 is 11.6 Å². The predicted molar refractivity (Wildman–Crippen MR) is 84.1 cm³/mol. The Morgan fingerprint density at radius 1 is 1.32 bits per heavy atom. The van der Waals surface area contributed by atoms with Gasteiger partial charge in [-0.3, -0.25) is 9.69 Å². The van der Waals surface area contributed by atoms with Crippen LogP contribution in [0.1, 0.15) is 16.8 Å². The molecule has 120 valence electrons. The summed E-state index contributed by atoms with van der Waals surface area (Å²) in [7, 11) is 1.56. The maximum absolute atomic E-state index is 12.6. The minimum atomic E-state index is 0.0501. The van der Waals surface area contributed by atoms with Crippen molar-refractivity contribution in [1.82, 2.24) is 9.80 Å². The fraction of sp³-hybridized carbons (Fsp3) is 0.562. The first kappa shape index (κ1) is 15.1. The molecule has 0 spiro atoms. The highest BCUT2D eigenvalue weighted by Gasteiger charge is 2.31. The fourth-order valence-corrected chi connectivity index (χ4v) is 3.19. The summed E-state index contributed by atoms with van der Waals surface area (Å²) in [5, 5.41) is 0. The smallest absolute Gasteiger partial charge is 0.254 e. The summed E-state index contributed by atoms with van der Waals surface area (Å²) in [6.07, 6.45) is 1.03. The largest absolute Gasteiger partial charge is 0.495 e. The number of carbonyl (C=O) groups is 1. The summed E-state index contributed by atoms with van der Waals surface area (Å²) < 4.78 is 10.6. The molecule has 1 aromatic rings. The molecule has 0 bridgehead atoms. The molecule has 0 radical (unpaired) electrons. The molecule has 0 aliphatic carbocycles. The third-order valence-electron chi connectivity index (χ3n) is 4.49. The Bertz CT molecular complexity index is 543. The number of rotatable bonds is 3. The summed E-state index contributed by atoms with van der Waals surface area (Å²) in [4.78, 5) is 17.0. The number of anilines is 1. The molecule has 0 unspecified atom stereocenters. The number of nitrogen functional groups attached to an aromatic ring is 1. The average Bonchev–Trinajstić information content (AvgIpc) is 3.05. The second kappa shape index (κ2) is 6.54. The second-order valence-corrected chi connectivity index (χ2v) is 5.80. The van der Waals surface area contributed by atoms with Gasteiger partial charge in [-0.1, -0.05) is 0 Å². The number of likely N-dealkylation sites (tertiary alicyclic amines) is 1. The molecule has 2 saturated heterocycles. The number of hydrogen-bond acceptors (Lipinski definition) is 5. The molecule has 2 N–H and O–H groups in total. The van der Waals surface area contributed by atoms with Crippen molar-refractivity contribution in [1.29, 1.82) is 0 Å². The molecular weight excluding hydrogens is 282 g/mol. The Balaban J connectivity index is 1.66. The lowest BCUT2D eigenvalue weighted by Crippen LogP contribution is -2.45. The predicted octanol–water partition coefficient (Wildman–Crippen LogP) is 0.824. The number of morpholine rings is 1. The molecule has 3 rings (SSSR count). The highest BCUT2D eigenvalue weighted by atomic mass is 16.5. The molecule has 2 heterocycles. The molecule has 1 aromatic carbocycles. The molecule has 0 aromatic heterocycles. The van der Waals surface area contributed by atoms with Crippen molar-refractivity contribution in [3.8, 4) is 5.75 Å². The highest BCUT2D eigenvalue weighted by Crippen LogP contribution is 2.25. The Morgan fingerprint density at radius 3 is 2.82 bits per heavy atom. The Kier molecular flexibility index (Phi) is 4.49. The number of benzene rings is 1. The van der Waals surface area contributed by atoms with Gasteiger partial charge in [-0.2, -0.15) is 0 Å². The number of nitrogens with zero attached hydrogens (tertiary/aromatic N) is 2. The van der Waals surface area contributed by atoms with Gasteiger partial charge in [0.05, 0.1) is 26.0 Å². The number of hydrogen-bond donors (Lipinski definition) is 1. The lowest BCUT2D eigenvalue weighted by atomic mass is 10.1. The van der Waals surface area contributed by atoms with Gasteiger partial charge in [0.15, 0.2) is 0 Å². The van der Waals surface area contributed by atoms with Crippen LogP contribution in [-0.2, 0) is 4.74 Å². The molecule has 6 heteroatoms.